The molecule has 2 rings (SSSR count). The maximum Gasteiger partial charge on any atom is 0.355 e. The monoisotopic (exact) mass is 326 g/mol. The predicted octanol–water partition coefficient (Wildman–Crippen LogP) is 1.65. The van der Waals surface area contributed by atoms with Crippen LogP contribution in [-0.4, -0.2) is 33.6 Å². The number of carbonyl (C=O) groups excluding carboxylic acids is 1. The minimum atomic E-state index is -1.04. The predicted molar refractivity (Wildman–Crippen MR) is 79.9 cm³/mol. The highest BCUT2D eigenvalue weighted by Gasteiger charge is 2.08. The van der Waals surface area contributed by atoms with E-state index in [4.69, 9.17) is 5.11 Å². The number of nitrogens with one attached hydrogen (secondary N) is 2. The first-order chi connectivity index (χ1) is 10.0. The van der Waals surface area contributed by atoms with E-state index in [0.29, 0.717) is 24.5 Å². The Morgan fingerprint density at radius 1 is 1.24 bits per heavy atom. The number of nitrogens with zero attached hydrogens (tertiary/aromatic N) is 2. The second-order valence-electron chi connectivity index (χ2n) is 4.15. The molecule has 0 fully saturated rings. The molecule has 0 saturated carbocycles. The van der Waals surface area contributed by atoms with Crippen LogP contribution in [0.3, 0.4) is 0 Å². The second-order valence-corrected chi connectivity index (χ2v) is 6.15. The van der Waals surface area contributed by atoms with Gasteiger partial charge in [0, 0.05) is 23.7 Å². The van der Waals surface area contributed by atoms with Crippen LogP contribution in [0.15, 0.2) is 10.8 Å². The number of rotatable bonds is 6. The van der Waals surface area contributed by atoms with E-state index in [1.165, 1.54) is 28.1 Å². The van der Waals surface area contributed by atoms with Crippen molar-refractivity contribution in [3.63, 3.8) is 0 Å². The van der Waals surface area contributed by atoms with Gasteiger partial charge in [-0.25, -0.2) is 19.6 Å². The van der Waals surface area contributed by atoms with Crippen molar-refractivity contribution in [1.82, 2.24) is 20.6 Å². The Bertz CT molecular complexity index is 638. The van der Waals surface area contributed by atoms with Crippen LogP contribution in [0.1, 0.15) is 26.2 Å². The van der Waals surface area contributed by atoms with Crippen molar-refractivity contribution in [3.8, 4) is 0 Å². The van der Waals surface area contributed by atoms with Gasteiger partial charge in [-0.1, -0.05) is 0 Å². The van der Waals surface area contributed by atoms with Gasteiger partial charge in [-0.15, -0.1) is 22.7 Å². The number of aromatic carboxylic acids is 1. The highest BCUT2D eigenvalue weighted by atomic mass is 32.1. The average Bonchev–Trinajstić information content (AvgIpc) is 3.05. The lowest BCUT2D eigenvalue weighted by atomic mass is 10.4. The smallest absolute Gasteiger partial charge is 0.355 e. The molecule has 0 aromatic carbocycles. The molecule has 0 spiro atoms. The van der Waals surface area contributed by atoms with Crippen LogP contribution in [-0.2, 0) is 13.0 Å². The number of aromatic nitrogens is 2. The number of aryl methyl sites for hydroxylation is 1. The standard InChI is InChI=1S/C12H14N4O3S2/c1-7-15-8(5-20-7)4-14-12(19)13-3-2-10-16-9(6-21-10)11(17)18/h5-6H,2-4H2,1H3,(H,17,18)(H2,13,14,19). The third kappa shape index (κ3) is 4.80. The quantitative estimate of drug-likeness (QED) is 0.749. The van der Waals surface area contributed by atoms with E-state index in [9.17, 15) is 9.59 Å². The van der Waals surface area contributed by atoms with E-state index >= 15 is 0 Å². The summed E-state index contributed by atoms with van der Waals surface area (Å²) in [5, 5.41) is 19.2. The molecule has 2 amide bonds. The van der Waals surface area contributed by atoms with Crippen molar-refractivity contribution in [2.45, 2.75) is 19.9 Å². The third-order valence-electron chi connectivity index (χ3n) is 2.49. The summed E-state index contributed by atoms with van der Waals surface area (Å²) in [6.07, 6.45) is 0.501. The number of urea groups is 1. The van der Waals surface area contributed by atoms with Gasteiger partial charge in [-0.05, 0) is 6.92 Å². The molecule has 2 aromatic rings. The molecule has 0 aliphatic rings. The van der Waals surface area contributed by atoms with E-state index in [-0.39, 0.29) is 11.7 Å². The van der Waals surface area contributed by atoms with Crippen LogP contribution in [0.2, 0.25) is 0 Å². The molecule has 0 bridgehead atoms. The molecule has 9 heteroatoms. The molecule has 21 heavy (non-hydrogen) atoms. The first-order valence-electron chi connectivity index (χ1n) is 6.15. The Morgan fingerprint density at radius 2 is 2.05 bits per heavy atom. The van der Waals surface area contributed by atoms with Crippen LogP contribution in [0, 0.1) is 6.92 Å². The lowest BCUT2D eigenvalue weighted by Gasteiger charge is -2.05. The summed E-state index contributed by atoms with van der Waals surface area (Å²) in [4.78, 5) is 30.4. The first kappa shape index (κ1) is 15.4. The van der Waals surface area contributed by atoms with Crippen molar-refractivity contribution < 1.29 is 14.7 Å². The topological polar surface area (TPSA) is 104 Å². The van der Waals surface area contributed by atoms with Crippen LogP contribution < -0.4 is 10.6 Å². The molecule has 0 radical (unpaired) electrons. The van der Waals surface area contributed by atoms with Crippen molar-refractivity contribution in [2.75, 3.05) is 6.54 Å². The molecular formula is C12H14N4O3S2. The fraction of sp³-hybridized carbons (Fsp3) is 0.333. The largest absolute Gasteiger partial charge is 0.476 e. The summed E-state index contributed by atoms with van der Waals surface area (Å²) in [6, 6.07) is -0.282. The number of hydrogen-bond donors (Lipinski definition) is 3. The Morgan fingerprint density at radius 3 is 2.67 bits per heavy atom. The summed E-state index contributed by atoms with van der Waals surface area (Å²) in [7, 11) is 0. The number of amides is 2. The van der Waals surface area contributed by atoms with E-state index in [1.807, 2.05) is 12.3 Å². The summed E-state index contributed by atoms with van der Waals surface area (Å²) in [5.74, 6) is -1.04. The van der Waals surface area contributed by atoms with Gasteiger partial charge in [-0.2, -0.15) is 0 Å². The van der Waals surface area contributed by atoms with Crippen LogP contribution in [0.25, 0.3) is 0 Å². The lowest BCUT2D eigenvalue weighted by Crippen LogP contribution is -2.36. The lowest BCUT2D eigenvalue weighted by molar-refractivity contribution is 0.0691. The highest BCUT2D eigenvalue weighted by molar-refractivity contribution is 7.10. The van der Waals surface area contributed by atoms with Crippen LogP contribution in [0.5, 0.6) is 0 Å². The molecule has 0 unspecified atom stereocenters. The molecule has 3 N–H and O–H groups in total. The molecule has 7 nitrogen and oxygen atoms in total. The van der Waals surface area contributed by atoms with Gasteiger partial charge in [0.15, 0.2) is 5.69 Å². The summed E-state index contributed by atoms with van der Waals surface area (Å²) < 4.78 is 0. The summed E-state index contributed by atoms with van der Waals surface area (Å²) >= 11 is 2.81. The number of carboxylic acids is 1. The Labute approximate surface area is 129 Å². The SMILES string of the molecule is Cc1nc(CNC(=O)NCCc2nc(C(=O)O)cs2)cs1. The first-order valence-corrected chi connectivity index (χ1v) is 7.91. The molecule has 0 saturated heterocycles. The van der Waals surface area contributed by atoms with Crippen molar-refractivity contribution in [1.29, 1.82) is 0 Å². The zero-order valence-corrected chi connectivity index (χ0v) is 12.9. The molecule has 0 aliphatic heterocycles. The molecule has 0 atom stereocenters. The van der Waals surface area contributed by atoms with E-state index < -0.39 is 5.97 Å². The zero-order chi connectivity index (χ0) is 15.2. The minimum Gasteiger partial charge on any atom is -0.476 e. The molecule has 2 heterocycles. The maximum absolute atomic E-state index is 11.6. The van der Waals surface area contributed by atoms with Crippen molar-refractivity contribution in [2.24, 2.45) is 0 Å². The molecular weight excluding hydrogens is 312 g/mol. The molecule has 112 valence electrons. The van der Waals surface area contributed by atoms with Gasteiger partial charge in [0.1, 0.15) is 0 Å². The fourth-order valence-corrected chi connectivity index (χ4v) is 2.91. The van der Waals surface area contributed by atoms with E-state index in [0.717, 1.165) is 10.7 Å². The number of carboxylic acid groups (broad SMARTS) is 1. The van der Waals surface area contributed by atoms with Gasteiger partial charge >= 0.3 is 12.0 Å². The van der Waals surface area contributed by atoms with Gasteiger partial charge in [0.2, 0.25) is 0 Å². The summed E-state index contributed by atoms with van der Waals surface area (Å²) in [5.41, 5.74) is 0.872. The number of carbonyl (C=O) groups is 2. The number of thiazole rings is 2. The zero-order valence-electron chi connectivity index (χ0n) is 11.3. The maximum atomic E-state index is 11.6. The molecule has 0 aliphatic carbocycles. The van der Waals surface area contributed by atoms with E-state index in [2.05, 4.69) is 20.6 Å². The minimum absolute atomic E-state index is 0.0401. The van der Waals surface area contributed by atoms with E-state index in [1.54, 1.807) is 0 Å². The van der Waals surface area contributed by atoms with Gasteiger partial charge in [0.05, 0.1) is 22.3 Å². The Hall–Kier alpha value is -2.00. The van der Waals surface area contributed by atoms with Gasteiger partial charge in [-0.3, -0.25) is 0 Å². The average molecular weight is 326 g/mol. The fourth-order valence-electron chi connectivity index (χ4n) is 1.53. The third-order valence-corrected chi connectivity index (χ3v) is 4.22. The van der Waals surface area contributed by atoms with Crippen LogP contribution >= 0.6 is 22.7 Å². The van der Waals surface area contributed by atoms with Gasteiger partial charge in [0.25, 0.3) is 0 Å². The second kappa shape index (κ2) is 7.14. The van der Waals surface area contributed by atoms with Gasteiger partial charge < -0.3 is 15.7 Å². The van der Waals surface area contributed by atoms with Crippen molar-refractivity contribution in [3.05, 3.63) is 32.2 Å². The normalized spacial score (nSPS) is 10.3. The van der Waals surface area contributed by atoms with Crippen molar-refractivity contribution >= 4 is 34.7 Å². The Balaban J connectivity index is 1.67. The molecule has 2 aromatic heterocycles. The highest BCUT2D eigenvalue weighted by Crippen LogP contribution is 2.10. The van der Waals surface area contributed by atoms with Crippen LogP contribution in [0.4, 0.5) is 4.79 Å². The summed E-state index contributed by atoms with van der Waals surface area (Å²) in [6.45, 7) is 2.69. The number of hydrogen-bond acceptors (Lipinski definition) is 6. The Kier molecular flexibility index (Phi) is 5.23.